The maximum Gasteiger partial charge on any atom is 0.134 e. The first-order valence-electron chi connectivity index (χ1n) is 6.67. The van der Waals surface area contributed by atoms with Gasteiger partial charge in [-0.25, -0.2) is 0 Å². The largest absolute Gasteiger partial charge is 0.374 e. The third kappa shape index (κ3) is 4.44. The van der Waals surface area contributed by atoms with Crippen LogP contribution in [0, 0.1) is 0 Å². The minimum atomic E-state index is 0.773. The quantitative estimate of drug-likeness (QED) is 0.847. The van der Waals surface area contributed by atoms with Crippen LogP contribution < -0.4 is 5.32 Å². The van der Waals surface area contributed by atoms with E-state index in [9.17, 15) is 0 Å². The van der Waals surface area contributed by atoms with E-state index in [1.807, 2.05) is 18.2 Å². The summed E-state index contributed by atoms with van der Waals surface area (Å²) >= 11 is 7.42. The van der Waals surface area contributed by atoms with E-state index >= 15 is 0 Å². The Balaban J connectivity index is 1.94. The van der Waals surface area contributed by atoms with Crippen molar-refractivity contribution in [1.29, 1.82) is 0 Å². The van der Waals surface area contributed by atoms with Gasteiger partial charge in [0.15, 0.2) is 0 Å². The second kappa shape index (κ2) is 7.57. The van der Waals surface area contributed by atoms with E-state index in [2.05, 4.69) is 39.8 Å². The zero-order valence-corrected chi connectivity index (χ0v) is 13.3. The van der Waals surface area contributed by atoms with E-state index in [-0.39, 0.29) is 0 Å². The van der Waals surface area contributed by atoms with Crippen molar-refractivity contribution in [2.75, 3.05) is 18.9 Å². The standard InChI is InChI=1S/C14H19ClN4S/c1-3-7-16-14-13(17-18-20-14)10-19(2)9-11-5-4-6-12(15)8-11/h4-6,8,16H,3,7,9-10H2,1-2H3. The highest BCUT2D eigenvalue weighted by atomic mass is 35.5. The molecule has 0 bridgehead atoms. The fourth-order valence-corrected chi connectivity index (χ4v) is 2.75. The molecule has 0 amide bonds. The average molecular weight is 311 g/mol. The van der Waals surface area contributed by atoms with Crippen molar-refractivity contribution in [3.8, 4) is 0 Å². The maximum atomic E-state index is 6.00. The molecule has 4 nitrogen and oxygen atoms in total. The summed E-state index contributed by atoms with van der Waals surface area (Å²) in [7, 11) is 2.07. The van der Waals surface area contributed by atoms with Crippen molar-refractivity contribution >= 4 is 28.1 Å². The number of benzene rings is 1. The molecule has 0 radical (unpaired) electrons. The van der Waals surface area contributed by atoms with Gasteiger partial charge in [-0.05, 0) is 31.2 Å². The summed E-state index contributed by atoms with van der Waals surface area (Å²) in [5.41, 5.74) is 2.21. The third-order valence-electron chi connectivity index (χ3n) is 2.85. The van der Waals surface area contributed by atoms with Crippen LogP contribution in [0.3, 0.4) is 0 Å². The van der Waals surface area contributed by atoms with Gasteiger partial charge in [-0.1, -0.05) is 35.1 Å². The Morgan fingerprint density at radius 1 is 1.35 bits per heavy atom. The summed E-state index contributed by atoms with van der Waals surface area (Å²) in [5.74, 6) is 0. The Labute approximate surface area is 128 Å². The van der Waals surface area contributed by atoms with Gasteiger partial charge in [-0.2, -0.15) is 0 Å². The van der Waals surface area contributed by atoms with Gasteiger partial charge in [0.1, 0.15) is 10.7 Å². The molecule has 0 aliphatic heterocycles. The Morgan fingerprint density at radius 2 is 2.20 bits per heavy atom. The van der Waals surface area contributed by atoms with E-state index in [4.69, 9.17) is 11.6 Å². The Morgan fingerprint density at radius 3 is 2.95 bits per heavy atom. The number of anilines is 1. The summed E-state index contributed by atoms with van der Waals surface area (Å²) in [5, 5.41) is 9.42. The second-order valence-corrected chi connectivity index (χ2v) is 5.97. The summed E-state index contributed by atoms with van der Waals surface area (Å²) in [4.78, 5) is 2.21. The molecule has 2 aromatic rings. The number of hydrogen-bond acceptors (Lipinski definition) is 5. The van der Waals surface area contributed by atoms with Crippen LogP contribution in [-0.4, -0.2) is 28.1 Å². The maximum absolute atomic E-state index is 6.00. The Kier molecular flexibility index (Phi) is 5.76. The SMILES string of the molecule is CCCNc1snnc1CN(C)Cc1cccc(Cl)c1. The van der Waals surface area contributed by atoms with Crippen LogP contribution in [0.25, 0.3) is 0 Å². The van der Waals surface area contributed by atoms with Crippen LogP contribution in [0.4, 0.5) is 5.00 Å². The molecular weight excluding hydrogens is 292 g/mol. The molecule has 0 saturated carbocycles. The fraction of sp³-hybridized carbons (Fsp3) is 0.429. The molecular formula is C14H19ClN4S. The highest BCUT2D eigenvalue weighted by Crippen LogP contribution is 2.20. The lowest BCUT2D eigenvalue weighted by molar-refractivity contribution is 0.315. The lowest BCUT2D eigenvalue weighted by Gasteiger charge is -2.16. The van der Waals surface area contributed by atoms with Gasteiger partial charge in [-0.3, -0.25) is 4.90 Å². The van der Waals surface area contributed by atoms with Crippen molar-refractivity contribution in [2.24, 2.45) is 0 Å². The molecule has 1 aromatic heterocycles. The van der Waals surface area contributed by atoms with Crippen LogP contribution in [-0.2, 0) is 13.1 Å². The van der Waals surface area contributed by atoms with Crippen molar-refractivity contribution < 1.29 is 0 Å². The van der Waals surface area contributed by atoms with Crippen molar-refractivity contribution in [2.45, 2.75) is 26.4 Å². The first kappa shape index (κ1) is 15.2. The Bertz CT molecular complexity index is 543. The van der Waals surface area contributed by atoms with E-state index in [1.54, 1.807) is 0 Å². The molecule has 0 spiro atoms. The predicted octanol–water partition coefficient (Wildman–Crippen LogP) is 3.65. The van der Waals surface area contributed by atoms with Crippen LogP contribution in [0.15, 0.2) is 24.3 Å². The molecule has 1 heterocycles. The molecule has 0 unspecified atom stereocenters. The number of nitrogens with zero attached hydrogens (tertiary/aromatic N) is 3. The molecule has 2 rings (SSSR count). The summed E-state index contributed by atoms with van der Waals surface area (Å²) in [6, 6.07) is 7.94. The first-order chi connectivity index (χ1) is 9.69. The Hall–Kier alpha value is -1.17. The normalized spacial score (nSPS) is 11.0. The van der Waals surface area contributed by atoms with Gasteiger partial charge in [0.2, 0.25) is 0 Å². The van der Waals surface area contributed by atoms with Gasteiger partial charge < -0.3 is 5.32 Å². The molecule has 6 heteroatoms. The first-order valence-corrected chi connectivity index (χ1v) is 7.82. The van der Waals surface area contributed by atoms with E-state index in [0.717, 1.165) is 41.8 Å². The number of nitrogens with one attached hydrogen (secondary N) is 1. The van der Waals surface area contributed by atoms with Gasteiger partial charge in [0.05, 0.1) is 0 Å². The molecule has 0 aliphatic carbocycles. The predicted molar refractivity (Wildman–Crippen MR) is 85.3 cm³/mol. The second-order valence-electron chi connectivity index (χ2n) is 4.78. The van der Waals surface area contributed by atoms with E-state index in [0.29, 0.717) is 0 Å². The molecule has 20 heavy (non-hydrogen) atoms. The zero-order chi connectivity index (χ0) is 14.4. The van der Waals surface area contributed by atoms with Gasteiger partial charge in [0, 0.05) is 36.2 Å². The average Bonchev–Trinajstić information content (AvgIpc) is 2.83. The molecule has 0 saturated heterocycles. The van der Waals surface area contributed by atoms with Crippen LogP contribution in [0.5, 0.6) is 0 Å². The lowest BCUT2D eigenvalue weighted by atomic mass is 10.2. The zero-order valence-electron chi connectivity index (χ0n) is 11.8. The number of rotatable bonds is 7. The van der Waals surface area contributed by atoms with Crippen LogP contribution in [0.1, 0.15) is 24.6 Å². The number of hydrogen-bond donors (Lipinski definition) is 1. The van der Waals surface area contributed by atoms with Gasteiger partial charge in [0.25, 0.3) is 0 Å². The molecule has 108 valence electrons. The van der Waals surface area contributed by atoms with Crippen molar-refractivity contribution in [3.63, 3.8) is 0 Å². The monoisotopic (exact) mass is 310 g/mol. The van der Waals surface area contributed by atoms with Gasteiger partial charge in [-0.15, -0.1) is 5.10 Å². The minimum Gasteiger partial charge on any atom is -0.374 e. The summed E-state index contributed by atoms with van der Waals surface area (Å²) in [6.45, 7) is 4.71. The minimum absolute atomic E-state index is 0.773. The third-order valence-corrected chi connectivity index (χ3v) is 3.81. The molecule has 0 fully saturated rings. The van der Waals surface area contributed by atoms with Crippen LogP contribution in [0.2, 0.25) is 5.02 Å². The van der Waals surface area contributed by atoms with Crippen LogP contribution >= 0.6 is 23.1 Å². The number of halogens is 1. The highest BCUT2D eigenvalue weighted by molar-refractivity contribution is 7.10. The molecule has 0 atom stereocenters. The molecule has 1 aromatic carbocycles. The van der Waals surface area contributed by atoms with Crippen molar-refractivity contribution in [1.82, 2.24) is 14.5 Å². The summed E-state index contributed by atoms with van der Waals surface area (Å²) in [6.07, 6.45) is 1.09. The van der Waals surface area contributed by atoms with Crippen molar-refractivity contribution in [3.05, 3.63) is 40.5 Å². The smallest absolute Gasteiger partial charge is 0.134 e. The molecule has 0 aliphatic rings. The number of aromatic nitrogens is 2. The lowest BCUT2D eigenvalue weighted by Crippen LogP contribution is -2.18. The molecule has 1 N–H and O–H groups in total. The highest BCUT2D eigenvalue weighted by Gasteiger charge is 2.10. The fourth-order valence-electron chi connectivity index (χ4n) is 1.94. The topological polar surface area (TPSA) is 41.1 Å². The summed E-state index contributed by atoms with van der Waals surface area (Å²) < 4.78 is 4.03. The van der Waals surface area contributed by atoms with E-state index < -0.39 is 0 Å². The van der Waals surface area contributed by atoms with E-state index in [1.165, 1.54) is 17.1 Å². The van der Waals surface area contributed by atoms with Gasteiger partial charge >= 0.3 is 0 Å².